The molecule has 15 heavy (non-hydrogen) atoms. The van der Waals surface area contributed by atoms with Crippen LogP contribution in [-0.2, 0) is 18.9 Å². The fraction of sp³-hybridized carbons (Fsp3) is 1.00. The molecule has 2 atom stereocenters. The molecular weight excluding hydrogens is 198 g/mol. The number of ether oxygens (including phenoxy) is 4. The van der Waals surface area contributed by atoms with Crippen molar-refractivity contribution in [2.45, 2.75) is 40.2 Å². The lowest BCUT2D eigenvalue weighted by Gasteiger charge is -2.18. The van der Waals surface area contributed by atoms with Gasteiger partial charge in [0, 0.05) is 13.2 Å². The van der Waals surface area contributed by atoms with Gasteiger partial charge in [0.15, 0.2) is 0 Å². The second kappa shape index (κ2) is 10.3. The molecule has 0 bridgehead atoms. The molecule has 0 rings (SSSR count). The second-order valence-electron chi connectivity index (χ2n) is 2.90. The molecule has 0 heterocycles. The molecule has 0 saturated heterocycles. The van der Waals surface area contributed by atoms with Crippen molar-refractivity contribution < 1.29 is 18.9 Å². The van der Waals surface area contributed by atoms with Crippen LogP contribution in [0, 0.1) is 0 Å². The Balaban J connectivity index is 3.35. The summed E-state index contributed by atoms with van der Waals surface area (Å²) in [4.78, 5) is 0. The molecule has 1 radical (unpaired) electrons. The average Bonchev–Trinajstić information content (AvgIpc) is 2.18. The predicted octanol–water partition coefficient (Wildman–Crippen LogP) is 1.30. The number of hydrogen-bond donors (Lipinski definition) is 0. The summed E-state index contributed by atoms with van der Waals surface area (Å²) in [6, 6.07) is 0. The third-order valence-electron chi connectivity index (χ3n) is 1.61. The quantitative estimate of drug-likeness (QED) is 0.411. The highest BCUT2D eigenvalue weighted by molar-refractivity contribution is 4.48. The fourth-order valence-corrected chi connectivity index (χ4v) is 0.842. The first kappa shape index (κ1) is 14.8. The molecule has 0 N–H and O–H groups in total. The molecule has 91 valence electrons. The van der Waals surface area contributed by atoms with Crippen molar-refractivity contribution >= 4 is 0 Å². The van der Waals surface area contributed by atoms with Crippen LogP contribution in [0.5, 0.6) is 0 Å². The van der Waals surface area contributed by atoms with Crippen LogP contribution in [0.25, 0.3) is 0 Å². The molecule has 0 amide bonds. The first-order valence-electron chi connectivity index (χ1n) is 5.29. The smallest absolute Gasteiger partial charge is 0.148 e. The minimum Gasteiger partial charge on any atom is -0.356 e. The van der Waals surface area contributed by atoms with Gasteiger partial charge in [0.2, 0.25) is 0 Å². The van der Waals surface area contributed by atoms with Gasteiger partial charge >= 0.3 is 0 Å². The normalized spacial score (nSPS) is 15.2. The average molecular weight is 220 g/mol. The van der Waals surface area contributed by atoms with Gasteiger partial charge in [0.1, 0.15) is 26.0 Å². The lowest BCUT2D eigenvalue weighted by molar-refractivity contribution is -0.134. The first-order valence-corrected chi connectivity index (χ1v) is 5.29. The van der Waals surface area contributed by atoms with E-state index in [9.17, 15) is 0 Å². The molecule has 5 heteroatoms. The molecule has 0 aromatic carbocycles. The van der Waals surface area contributed by atoms with E-state index in [0.29, 0.717) is 13.2 Å². The van der Waals surface area contributed by atoms with Gasteiger partial charge in [-0.25, -0.2) is 0 Å². The van der Waals surface area contributed by atoms with Crippen LogP contribution in [0.2, 0.25) is 0 Å². The van der Waals surface area contributed by atoms with Crippen LogP contribution >= 0.6 is 0 Å². The third kappa shape index (κ3) is 10.1. The summed E-state index contributed by atoms with van der Waals surface area (Å²) in [6.45, 7) is 9.34. The van der Waals surface area contributed by atoms with Crippen molar-refractivity contribution in [3.8, 4) is 0 Å². The lowest BCUT2D eigenvalue weighted by Crippen LogP contribution is -2.32. The molecule has 0 spiro atoms. The van der Waals surface area contributed by atoms with E-state index >= 15 is 0 Å². The van der Waals surface area contributed by atoms with Crippen molar-refractivity contribution in [1.82, 2.24) is 5.32 Å². The van der Waals surface area contributed by atoms with Crippen LogP contribution in [0.4, 0.5) is 0 Å². The zero-order valence-corrected chi connectivity index (χ0v) is 10.1. The summed E-state index contributed by atoms with van der Waals surface area (Å²) in [5.74, 6) is 0. The van der Waals surface area contributed by atoms with Crippen molar-refractivity contribution in [2.24, 2.45) is 0 Å². The van der Waals surface area contributed by atoms with Gasteiger partial charge in [0.05, 0.1) is 0 Å². The summed E-state index contributed by atoms with van der Waals surface area (Å²) < 4.78 is 20.6. The van der Waals surface area contributed by atoms with Gasteiger partial charge in [-0.3, -0.25) is 0 Å². The molecule has 0 fully saturated rings. The highest BCUT2D eigenvalue weighted by Gasteiger charge is 2.09. The molecule has 0 aliphatic carbocycles. The molecule has 5 nitrogen and oxygen atoms in total. The van der Waals surface area contributed by atoms with E-state index in [-0.39, 0.29) is 26.0 Å². The summed E-state index contributed by atoms with van der Waals surface area (Å²) in [6.07, 6.45) is -0.457. The van der Waals surface area contributed by atoms with E-state index in [4.69, 9.17) is 18.9 Å². The zero-order chi connectivity index (χ0) is 11.5. The molecule has 0 aliphatic rings. The Morgan fingerprint density at radius 2 is 1.27 bits per heavy atom. The van der Waals surface area contributed by atoms with E-state index in [1.807, 2.05) is 27.7 Å². The van der Waals surface area contributed by atoms with Crippen LogP contribution in [0.15, 0.2) is 0 Å². The number of nitrogens with zero attached hydrogens (tertiary/aromatic N) is 1. The maximum absolute atomic E-state index is 5.25. The van der Waals surface area contributed by atoms with Gasteiger partial charge in [-0.1, -0.05) is 0 Å². The topological polar surface area (TPSA) is 51.0 Å². The predicted molar refractivity (Wildman–Crippen MR) is 56.2 cm³/mol. The van der Waals surface area contributed by atoms with Gasteiger partial charge in [-0.05, 0) is 27.7 Å². The van der Waals surface area contributed by atoms with Crippen molar-refractivity contribution in [1.29, 1.82) is 0 Å². The van der Waals surface area contributed by atoms with Crippen molar-refractivity contribution in [2.75, 3.05) is 26.8 Å². The Hall–Kier alpha value is -0.200. The Kier molecular flexibility index (Phi) is 10.2. The first-order chi connectivity index (χ1) is 7.20. The summed E-state index contributed by atoms with van der Waals surface area (Å²) in [5.41, 5.74) is 0. The van der Waals surface area contributed by atoms with E-state index in [2.05, 4.69) is 5.32 Å². The SMILES string of the molecule is CCOCOC(C)[N]C(C)OCOCC. The minimum atomic E-state index is -0.229. The molecular formula is C10H22NO4. The molecule has 0 aromatic rings. The number of rotatable bonds is 10. The van der Waals surface area contributed by atoms with Crippen molar-refractivity contribution in [3.05, 3.63) is 0 Å². The summed E-state index contributed by atoms with van der Waals surface area (Å²) >= 11 is 0. The molecule has 0 saturated carbocycles. The third-order valence-corrected chi connectivity index (χ3v) is 1.61. The van der Waals surface area contributed by atoms with Gasteiger partial charge in [0.25, 0.3) is 0 Å². The Labute approximate surface area is 92.0 Å². The molecule has 2 unspecified atom stereocenters. The Morgan fingerprint density at radius 1 is 0.867 bits per heavy atom. The fourth-order valence-electron chi connectivity index (χ4n) is 0.842. The Bertz CT molecular complexity index is 121. The maximum atomic E-state index is 5.25. The summed E-state index contributed by atoms with van der Waals surface area (Å²) in [5, 5.41) is 4.22. The van der Waals surface area contributed by atoms with Crippen LogP contribution in [-0.4, -0.2) is 39.3 Å². The van der Waals surface area contributed by atoms with Gasteiger partial charge in [-0.15, -0.1) is 0 Å². The lowest BCUT2D eigenvalue weighted by atomic mass is 10.5. The highest BCUT2D eigenvalue weighted by Crippen LogP contribution is 1.95. The van der Waals surface area contributed by atoms with Gasteiger partial charge < -0.3 is 18.9 Å². The highest BCUT2D eigenvalue weighted by atomic mass is 16.7. The zero-order valence-electron chi connectivity index (χ0n) is 10.1. The largest absolute Gasteiger partial charge is 0.356 e. The van der Waals surface area contributed by atoms with Crippen LogP contribution in [0.3, 0.4) is 0 Å². The molecule has 0 aliphatic heterocycles. The van der Waals surface area contributed by atoms with E-state index in [1.165, 1.54) is 0 Å². The monoisotopic (exact) mass is 220 g/mol. The second-order valence-corrected chi connectivity index (χ2v) is 2.90. The van der Waals surface area contributed by atoms with Crippen molar-refractivity contribution in [3.63, 3.8) is 0 Å². The van der Waals surface area contributed by atoms with E-state index in [0.717, 1.165) is 0 Å². The Morgan fingerprint density at radius 3 is 1.60 bits per heavy atom. The maximum Gasteiger partial charge on any atom is 0.148 e. The summed E-state index contributed by atoms with van der Waals surface area (Å²) in [7, 11) is 0. The molecule has 0 aromatic heterocycles. The van der Waals surface area contributed by atoms with Crippen LogP contribution in [0.1, 0.15) is 27.7 Å². The minimum absolute atomic E-state index is 0.229. The van der Waals surface area contributed by atoms with E-state index in [1.54, 1.807) is 0 Å². The van der Waals surface area contributed by atoms with Gasteiger partial charge in [-0.2, -0.15) is 5.32 Å². The number of hydrogen-bond acceptors (Lipinski definition) is 4. The van der Waals surface area contributed by atoms with Crippen LogP contribution < -0.4 is 5.32 Å². The van der Waals surface area contributed by atoms with E-state index < -0.39 is 0 Å². The standard InChI is InChI=1S/C10H22NO4/c1-5-12-7-14-9(3)11-10(4)15-8-13-6-2/h9-10H,5-8H2,1-4H3.